The topological polar surface area (TPSA) is 34.1 Å². The van der Waals surface area contributed by atoms with Crippen molar-refractivity contribution in [3.05, 3.63) is 0 Å². The predicted molar refractivity (Wildman–Crippen MR) is 164 cm³/mol. The Morgan fingerprint density at radius 1 is 0.389 bits per heavy atom. The number of hydrogen-bond acceptors (Lipinski definition) is 2. The van der Waals surface area contributed by atoms with E-state index in [1.165, 1.54) is 131 Å². The van der Waals surface area contributed by atoms with Crippen LogP contribution < -0.4 is 0 Å². The molecule has 0 aromatic rings. The van der Waals surface area contributed by atoms with Gasteiger partial charge in [0.1, 0.15) is 0 Å². The summed E-state index contributed by atoms with van der Waals surface area (Å²) in [5.41, 5.74) is 0. The Morgan fingerprint density at radius 3 is 0.972 bits per heavy atom. The van der Waals surface area contributed by atoms with Gasteiger partial charge in [-0.2, -0.15) is 0 Å². The fourth-order valence-electron chi connectivity index (χ4n) is 5.75. The third-order valence-corrected chi connectivity index (χ3v) is 22.7. The van der Waals surface area contributed by atoms with Crippen LogP contribution in [0.15, 0.2) is 0 Å². The number of ketones is 2. The molecule has 0 heterocycles. The normalized spacial score (nSPS) is 11.8. The van der Waals surface area contributed by atoms with Gasteiger partial charge in [0.15, 0.2) is 0 Å². The van der Waals surface area contributed by atoms with Crippen molar-refractivity contribution in [1.82, 2.24) is 0 Å². The molecule has 0 aliphatic carbocycles. The van der Waals surface area contributed by atoms with Gasteiger partial charge in [0.05, 0.1) is 0 Å². The summed E-state index contributed by atoms with van der Waals surface area (Å²) in [6, 6.07) is 0. The van der Waals surface area contributed by atoms with E-state index >= 15 is 0 Å². The van der Waals surface area contributed by atoms with Gasteiger partial charge in [-0.15, -0.1) is 0 Å². The van der Waals surface area contributed by atoms with Crippen LogP contribution in [0.1, 0.15) is 175 Å². The second-order valence-corrected chi connectivity index (χ2v) is 25.4. The average Bonchev–Trinajstić information content (AvgIpc) is 2.86. The van der Waals surface area contributed by atoms with Crippen LogP contribution >= 0.6 is 0 Å². The van der Waals surface area contributed by atoms with Crippen LogP contribution in [-0.2, 0) is 9.59 Å². The summed E-state index contributed by atoms with van der Waals surface area (Å²) < 4.78 is 4.24. The first-order valence-corrected chi connectivity index (χ1v) is 24.6. The minimum absolute atomic E-state index is 0.514. The molecular formula is C33H66O2Sn. The van der Waals surface area contributed by atoms with Gasteiger partial charge in [-0.3, -0.25) is 0 Å². The predicted octanol–water partition coefficient (Wildman–Crippen LogP) is 11.6. The molecule has 0 aromatic carbocycles. The molecule has 0 aromatic heterocycles. The Morgan fingerprint density at radius 2 is 0.667 bits per heavy atom. The van der Waals surface area contributed by atoms with E-state index in [-0.39, 0.29) is 0 Å². The molecule has 36 heavy (non-hydrogen) atoms. The fourth-order valence-corrected chi connectivity index (χ4v) is 20.9. The van der Waals surface area contributed by atoms with Crippen LogP contribution in [0.2, 0.25) is 17.7 Å². The van der Waals surface area contributed by atoms with Gasteiger partial charge < -0.3 is 0 Å². The zero-order chi connectivity index (χ0) is 26.7. The standard InChI is InChI=1S/C13H25O.C12H23O.2C4H9.Sn/c1-3-4-5-6-7-8-9-10-11-12-13(2)14;1-3-4-5-6-7-8-9-10-11-12(2)13;2*1-3-4-2;/h2-12H2,1H3;2-11H2,1H3;2*1,3-4H2,2H3;. The molecule has 0 rings (SSSR count). The molecule has 0 bridgehead atoms. The number of Topliss-reactive ketones (excluding diaryl/α,β-unsaturated/α-hetero) is 2. The van der Waals surface area contributed by atoms with E-state index in [0.29, 0.717) is 11.6 Å². The minimum atomic E-state index is -2.76. The maximum atomic E-state index is 13.1. The molecule has 2 nitrogen and oxygen atoms in total. The quantitative estimate of drug-likeness (QED) is 0.0621. The van der Waals surface area contributed by atoms with E-state index in [1.807, 2.05) is 0 Å². The van der Waals surface area contributed by atoms with Crippen molar-refractivity contribution in [2.45, 2.75) is 193 Å². The molecule has 0 amide bonds. The first-order chi connectivity index (χ1) is 17.5. The molecule has 214 valence electrons. The van der Waals surface area contributed by atoms with Gasteiger partial charge >= 0.3 is 226 Å². The van der Waals surface area contributed by atoms with Crippen molar-refractivity contribution in [3.63, 3.8) is 0 Å². The van der Waals surface area contributed by atoms with Crippen LogP contribution in [0.3, 0.4) is 0 Å². The average molecular weight is 614 g/mol. The first kappa shape index (κ1) is 36.1. The monoisotopic (exact) mass is 614 g/mol. The molecule has 0 radical (unpaired) electrons. The summed E-state index contributed by atoms with van der Waals surface area (Å²) in [5.74, 6) is 1.03. The SMILES string of the molecule is CCCCCCCCCCCC(=O)[CH2][Sn]([CH2]CCC)([CH2]CCC)[CH2]C(=O)CCCCCCCCCC. The second kappa shape index (κ2) is 26.7. The third-order valence-electron chi connectivity index (χ3n) is 8.13. The number of rotatable bonds is 29. The Balaban J connectivity index is 4.52. The molecule has 0 fully saturated rings. The number of hydrogen-bond donors (Lipinski definition) is 0. The summed E-state index contributed by atoms with van der Waals surface area (Å²) in [6.07, 6.45) is 28.4. The van der Waals surface area contributed by atoms with Crippen molar-refractivity contribution in [2.24, 2.45) is 0 Å². The molecule has 3 heteroatoms. The summed E-state index contributed by atoms with van der Waals surface area (Å²) in [7, 11) is 0. The van der Waals surface area contributed by atoms with E-state index in [0.717, 1.165) is 34.6 Å². The summed E-state index contributed by atoms with van der Waals surface area (Å²) >= 11 is -2.76. The summed E-state index contributed by atoms with van der Waals surface area (Å²) in [5, 5.41) is 0. The van der Waals surface area contributed by atoms with Crippen molar-refractivity contribution in [2.75, 3.05) is 0 Å². The maximum absolute atomic E-state index is 13.1. The van der Waals surface area contributed by atoms with E-state index in [4.69, 9.17) is 0 Å². The molecular weight excluding hydrogens is 547 g/mol. The van der Waals surface area contributed by atoms with Crippen LogP contribution in [-0.4, -0.2) is 29.9 Å². The second-order valence-electron chi connectivity index (χ2n) is 11.9. The molecule has 0 spiro atoms. The van der Waals surface area contributed by atoms with E-state index in [2.05, 4.69) is 27.7 Å². The number of carbonyl (C=O) groups excluding carboxylic acids is 2. The molecule has 0 aliphatic rings. The van der Waals surface area contributed by atoms with Crippen molar-refractivity contribution < 1.29 is 9.59 Å². The zero-order valence-corrected chi connectivity index (χ0v) is 28.3. The molecule has 0 N–H and O–H groups in total. The van der Waals surface area contributed by atoms with E-state index < -0.39 is 18.4 Å². The van der Waals surface area contributed by atoms with Gasteiger partial charge in [-0.1, -0.05) is 6.92 Å². The van der Waals surface area contributed by atoms with Gasteiger partial charge in [0.25, 0.3) is 0 Å². The van der Waals surface area contributed by atoms with Crippen molar-refractivity contribution in [3.8, 4) is 0 Å². The van der Waals surface area contributed by atoms with Crippen LogP contribution in [0.25, 0.3) is 0 Å². The molecule has 0 aliphatic heterocycles. The number of unbranched alkanes of at least 4 members (excludes halogenated alkanes) is 17. The van der Waals surface area contributed by atoms with E-state index in [1.54, 1.807) is 0 Å². The molecule has 0 unspecified atom stereocenters. The zero-order valence-electron chi connectivity index (χ0n) is 25.4. The number of carbonyl (C=O) groups is 2. The summed E-state index contributed by atoms with van der Waals surface area (Å²) in [4.78, 5) is 26.2. The Bertz CT molecular complexity index is 494. The fraction of sp³-hybridized carbons (Fsp3) is 0.939. The molecule has 0 atom stereocenters. The Kier molecular flexibility index (Phi) is 26.8. The first-order valence-electron chi connectivity index (χ1n) is 16.6. The summed E-state index contributed by atoms with van der Waals surface area (Å²) in [6.45, 7) is 9.07. The van der Waals surface area contributed by atoms with Gasteiger partial charge in [0, 0.05) is 0 Å². The van der Waals surface area contributed by atoms with Crippen LogP contribution in [0.4, 0.5) is 0 Å². The van der Waals surface area contributed by atoms with Crippen molar-refractivity contribution in [1.29, 1.82) is 0 Å². The molecule has 0 saturated heterocycles. The van der Waals surface area contributed by atoms with Gasteiger partial charge in [-0.05, 0) is 0 Å². The Labute approximate surface area is 231 Å². The third kappa shape index (κ3) is 22.2. The van der Waals surface area contributed by atoms with Crippen molar-refractivity contribution >= 4 is 29.9 Å². The van der Waals surface area contributed by atoms with Crippen LogP contribution in [0.5, 0.6) is 0 Å². The van der Waals surface area contributed by atoms with Gasteiger partial charge in [-0.25, -0.2) is 0 Å². The molecule has 0 saturated carbocycles. The van der Waals surface area contributed by atoms with Crippen LogP contribution in [0, 0.1) is 0 Å². The van der Waals surface area contributed by atoms with Gasteiger partial charge in [0.2, 0.25) is 0 Å². The van der Waals surface area contributed by atoms with E-state index in [9.17, 15) is 9.59 Å². The Hall–Kier alpha value is 0.139.